The van der Waals surface area contributed by atoms with Crippen molar-refractivity contribution >= 4 is 10.0 Å². The summed E-state index contributed by atoms with van der Waals surface area (Å²) in [5.74, 6) is 0.0548. The monoisotopic (exact) mass is 298 g/mol. The second-order valence-corrected chi connectivity index (χ2v) is 6.32. The van der Waals surface area contributed by atoms with E-state index in [1.807, 2.05) is 0 Å². The molecule has 0 saturated heterocycles. The summed E-state index contributed by atoms with van der Waals surface area (Å²) < 4.78 is 45.3. The van der Waals surface area contributed by atoms with Crippen molar-refractivity contribution in [3.8, 4) is 0 Å². The van der Waals surface area contributed by atoms with Crippen LogP contribution in [-0.4, -0.2) is 13.4 Å². The van der Waals surface area contributed by atoms with Crippen LogP contribution in [0.5, 0.6) is 0 Å². The molecule has 20 heavy (non-hydrogen) atoms. The van der Waals surface area contributed by atoms with Gasteiger partial charge in [-0.3, -0.25) is 0 Å². The maximum atomic E-state index is 13.5. The highest BCUT2D eigenvalue weighted by molar-refractivity contribution is 7.89. The molecule has 2 rings (SSSR count). The molecule has 0 amide bonds. The van der Waals surface area contributed by atoms with Gasteiger partial charge in [-0.15, -0.1) is 0 Å². The molecule has 5 nitrogen and oxygen atoms in total. The summed E-state index contributed by atoms with van der Waals surface area (Å²) in [7, 11) is -3.72. The minimum absolute atomic E-state index is 0.00361. The van der Waals surface area contributed by atoms with E-state index in [-0.39, 0.29) is 11.4 Å². The summed E-state index contributed by atoms with van der Waals surface area (Å²) in [6.45, 7) is 4.78. The molecule has 0 radical (unpaired) electrons. The standard InChI is InChI=1S/C13H15FN2O3S/c1-8-4-11(5-9(2)13(8)14)20(17,18)16-6-12-10(3)15-7-19-12/h4-5,7,16H,6H2,1-3H3. The fourth-order valence-corrected chi connectivity index (χ4v) is 2.95. The van der Waals surface area contributed by atoms with Crippen LogP contribution < -0.4 is 4.72 Å². The van der Waals surface area contributed by atoms with Crippen molar-refractivity contribution in [2.45, 2.75) is 32.2 Å². The zero-order valence-corrected chi connectivity index (χ0v) is 12.2. The van der Waals surface area contributed by atoms with Crippen molar-refractivity contribution in [1.82, 2.24) is 9.71 Å². The van der Waals surface area contributed by atoms with Gasteiger partial charge in [0.2, 0.25) is 10.0 Å². The summed E-state index contributed by atoms with van der Waals surface area (Å²) in [5.41, 5.74) is 1.21. The SMILES string of the molecule is Cc1cc(S(=O)(=O)NCc2ocnc2C)cc(C)c1F. The summed E-state index contributed by atoms with van der Waals surface area (Å²) in [4.78, 5) is 3.91. The van der Waals surface area contributed by atoms with E-state index in [0.29, 0.717) is 22.6 Å². The average molecular weight is 298 g/mol. The van der Waals surface area contributed by atoms with Crippen LogP contribution in [0, 0.1) is 26.6 Å². The average Bonchev–Trinajstić information content (AvgIpc) is 2.78. The molecule has 1 aromatic carbocycles. The van der Waals surface area contributed by atoms with Gasteiger partial charge in [0.1, 0.15) is 11.6 Å². The predicted octanol–water partition coefficient (Wildman–Crippen LogP) is 2.22. The van der Waals surface area contributed by atoms with Crippen molar-refractivity contribution in [1.29, 1.82) is 0 Å². The molecule has 7 heteroatoms. The minimum atomic E-state index is -3.72. The third-order valence-electron chi connectivity index (χ3n) is 2.99. The van der Waals surface area contributed by atoms with E-state index in [1.54, 1.807) is 6.92 Å². The fraction of sp³-hybridized carbons (Fsp3) is 0.308. The maximum Gasteiger partial charge on any atom is 0.240 e. The molecule has 0 aliphatic heterocycles. The normalized spacial score (nSPS) is 11.8. The van der Waals surface area contributed by atoms with Crippen LogP contribution in [0.4, 0.5) is 4.39 Å². The lowest BCUT2D eigenvalue weighted by atomic mass is 10.1. The molecule has 2 aromatic rings. The Morgan fingerprint density at radius 3 is 2.35 bits per heavy atom. The third-order valence-corrected chi connectivity index (χ3v) is 4.37. The van der Waals surface area contributed by atoms with Crippen molar-refractivity contribution in [3.63, 3.8) is 0 Å². The van der Waals surface area contributed by atoms with Crippen LogP contribution in [0.1, 0.15) is 22.6 Å². The molecular formula is C13H15FN2O3S. The third kappa shape index (κ3) is 2.88. The number of nitrogens with one attached hydrogen (secondary N) is 1. The molecule has 1 heterocycles. The number of aromatic nitrogens is 1. The molecule has 1 aromatic heterocycles. The predicted molar refractivity (Wildman–Crippen MR) is 71.1 cm³/mol. The Labute approximate surface area is 116 Å². The molecule has 0 bridgehead atoms. The van der Waals surface area contributed by atoms with Gasteiger partial charge in [0.15, 0.2) is 6.39 Å². The van der Waals surface area contributed by atoms with E-state index in [0.717, 1.165) is 0 Å². The molecule has 0 spiro atoms. The zero-order chi connectivity index (χ0) is 14.9. The first-order chi connectivity index (χ1) is 9.31. The quantitative estimate of drug-likeness (QED) is 0.939. The smallest absolute Gasteiger partial charge is 0.240 e. The van der Waals surface area contributed by atoms with Crippen LogP contribution >= 0.6 is 0 Å². The second kappa shape index (κ2) is 5.34. The summed E-state index contributed by atoms with van der Waals surface area (Å²) in [6, 6.07) is 2.61. The van der Waals surface area contributed by atoms with Gasteiger partial charge >= 0.3 is 0 Å². The Bertz CT molecular complexity index is 715. The van der Waals surface area contributed by atoms with Gasteiger partial charge in [0, 0.05) is 0 Å². The Morgan fingerprint density at radius 2 is 1.85 bits per heavy atom. The molecule has 108 valence electrons. The lowest BCUT2D eigenvalue weighted by molar-refractivity contribution is 0.492. The molecule has 0 aliphatic carbocycles. The Hall–Kier alpha value is -1.73. The van der Waals surface area contributed by atoms with E-state index in [4.69, 9.17) is 4.42 Å². The minimum Gasteiger partial charge on any atom is -0.447 e. The lowest BCUT2D eigenvalue weighted by Crippen LogP contribution is -2.23. The highest BCUT2D eigenvalue weighted by Crippen LogP contribution is 2.19. The van der Waals surface area contributed by atoms with Crippen molar-refractivity contribution in [2.75, 3.05) is 0 Å². The summed E-state index contributed by atoms with van der Waals surface area (Å²) in [6.07, 6.45) is 1.26. The van der Waals surface area contributed by atoms with Gasteiger partial charge in [-0.2, -0.15) is 0 Å². The largest absolute Gasteiger partial charge is 0.447 e. The van der Waals surface area contributed by atoms with Crippen LogP contribution in [-0.2, 0) is 16.6 Å². The van der Waals surface area contributed by atoms with Gasteiger partial charge in [-0.1, -0.05) is 0 Å². The first-order valence-electron chi connectivity index (χ1n) is 5.96. The zero-order valence-electron chi connectivity index (χ0n) is 11.4. The van der Waals surface area contributed by atoms with E-state index in [2.05, 4.69) is 9.71 Å². The number of sulfonamides is 1. The number of benzene rings is 1. The van der Waals surface area contributed by atoms with Gasteiger partial charge in [-0.25, -0.2) is 22.5 Å². The second-order valence-electron chi connectivity index (χ2n) is 4.56. The van der Waals surface area contributed by atoms with E-state index < -0.39 is 15.8 Å². The topological polar surface area (TPSA) is 72.2 Å². The van der Waals surface area contributed by atoms with Crippen LogP contribution in [0.3, 0.4) is 0 Å². The number of hydrogen-bond donors (Lipinski definition) is 1. The number of oxazole rings is 1. The number of hydrogen-bond acceptors (Lipinski definition) is 4. The van der Waals surface area contributed by atoms with Gasteiger partial charge in [-0.05, 0) is 44.0 Å². The number of halogens is 1. The van der Waals surface area contributed by atoms with Crippen LogP contribution in [0.25, 0.3) is 0 Å². The number of nitrogens with zero attached hydrogens (tertiary/aromatic N) is 1. The van der Waals surface area contributed by atoms with E-state index in [9.17, 15) is 12.8 Å². The maximum absolute atomic E-state index is 13.5. The summed E-state index contributed by atoms with van der Waals surface area (Å²) in [5, 5.41) is 0. The van der Waals surface area contributed by atoms with E-state index >= 15 is 0 Å². The highest BCUT2D eigenvalue weighted by Gasteiger charge is 2.18. The Kier molecular flexibility index (Phi) is 3.92. The van der Waals surface area contributed by atoms with Crippen molar-refractivity contribution in [3.05, 3.63) is 46.9 Å². The highest BCUT2D eigenvalue weighted by atomic mass is 32.2. The number of aryl methyl sites for hydroxylation is 3. The number of rotatable bonds is 4. The fourth-order valence-electron chi connectivity index (χ4n) is 1.80. The lowest BCUT2D eigenvalue weighted by Gasteiger charge is -2.09. The Morgan fingerprint density at radius 1 is 1.25 bits per heavy atom. The van der Waals surface area contributed by atoms with Gasteiger partial charge in [0.25, 0.3) is 0 Å². The first-order valence-corrected chi connectivity index (χ1v) is 7.45. The van der Waals surface area contributed by atoms with Crippen LogP contribution in [0.2, 0.25) is 0 Å². The molecule has 1 N–H and O–H groups in total. The first kappa shape index (κ1) is 14.7. The van der Waals surface area contributed by atoms with Gasteiger partial charge < -0.3 is 4.42 Å². The molecule has 0 atom stereocenters. The molecule has 0 fully saturated rings. The molecule has 0 unspecified atom stereocenters. The molecular weight excluding hydrogens is 283 g/mol. The Balaban J connectivity index is 2.25. The van der Waals surface area contributed by atoms with Gasteiger partial charge in [0.05, 0.1) is 17.1 Å². The van der Waals surface area contributed by atoms with Crippen LogP contribution in [0.15, 0.2) is 27.8 Å². The van der Waals surface area contributed by atoms with E-state index in [1.165, 1.54) is 32.4 Å². The van der Waals surface area contributed by atoms with Crippen molar-refractivity contribution in [2.24, 2.45) is 0 Å². The van der Waals surface area contributed by atoms with Crippen molar-refractivity contribution < 1.29 is 17.2 Å². The summed E-state index contributed by atoms with van der Waals surface area (Å²) >= 11 is 0. The molecule has 0 saturated carbocycles. The molecule has 0 aliphatic rings.